The standard InChI is InChI=1S/C21H24N4O5S2/c1-23(2)32(28,29)16-6-7-18(24-8-4-3-5-9-24)17(13-16)20(27)30-14-15-12-19(26)25-10-11-31-21(25)22-15/h6-7,10-13H,3-5,8-9,14H2,1-2H3. The molecule has 1 saturated heterocycles. The maximum Gasteiger partial charge on any atom is 0.340 e. The number of rotatable bonds is 6. The zero-order chi connectivity index (χ0) is 22.9. The van der Waals surface area contributed by atoms with Gasteiger partial charge in [-0.2, -0.15) is 0 Å². The third-order valence-electron chi connectivity index (χ3n) is 5.37. The molecule has 0 bridgehead atoms. The Labute approximate surface area is 189 Å². The van der Waals surface area contributed by atoms with E-state index in [0.29, 0.717) is 16.3 Å². The number of ether oxygens (including phenoxy) is 1. The molecule has 0 atom stereocenters. The summed E-state index contributed by atoms with van der Waals surface area (Å²) < 4.78 is 33.2. The second kappa shape index (κ2) is 9.00. The van der Waals surface area contributed by atoms with Crippen molar-refractivity contribution in [3.63, 3.8) is 0 Å². The predicted molar refractivity (Wildman–Crippen MR) is 122 cm³/mol. The number of hydrogen-bond donors (Lipinski definition) is 0. The molecule has 1 aliphatic rings. The minimum absolute atomic E-state index is 0.0200. The van der Waals surface area contributed by atoms with Gasteiger partial charge in [0.1, 0.15) is 6.61 Å². The van der Waals surface area contributed by atoms with Crippen molar-refractivity contribution in [2.45, 2.75) is 30.8 Å². The van der Waals surface area contributed by atoms with Crippen LogP contribution in [0.5, 0.6) is 0 Å². The maximum absolute atomic E-state index is 13.1. The average Bonchev–Trinajstić information content (AvgIpc) is 3.27. The Morgan fingerprint density at radius 1 is 1.19 bits per heavy atom. The van der Waals surface area contributed by atoms with Gasteiger partial charge in [-0.15, -0.1) is 11.3 Å². The summed E-state index contributed by atoms with van der Waals surface area (Å²) in [6.07, 6.45) is 4.75. The molecule has 0 aliphatic carbocycles. The first-order valence-corrected chi connectivity index (χ1v) is 12.5. The van der Waals surface area contributed by atoms with E-state index in [0.717, 1.165) is 36.7 Å². The number of carbonyl (C=O) groups excluding carboxylic acids is 1. The van der Waals surface area contributed by atoms with E-state index in [1.165, 1.54) is 48.0 Å². The van der Waals surface area contributed by atoms with E-state index in [-0.39, 0.29) is 22.6 Å². The van der Waals surface area contributed by atoms with E-state index < -0.39 is 16.0 Å². The summed E-state index contributed by atoms with van der Waals surface area (Å²) in [5.41, 5.74) is 0.913. The zero-order valence-corrected chi connectivity index (χ0v) is 19.5. The normalized spacial score (nSPS) is 14.8. The quantitative estimate of drug-likeness (QED) is 0.503. The van der Waals surface area contributed by atoms with Crippen LogP contribution in [0.3, 0.4) is 0 Å². The minimum atomic E-state index is -3.72. The Bertz CT molecular complexity index is 1310. The van der Waals surface area contributed by atoms with Crippen LogP contribution < -0.4 is 10.5 Å². The lowest BCUT2D eigenvalue weighted by Crippen LogP contribution is -2.31. The average molecular weight is 477 g/mol. The van der Waals surface area contributed by atoms with Gasteiger partial charge in [-0.25, -0.2) is 22.5 Å². The molecule has 3 aromatic rings. The van der Waals surface area contributed by atoms with Gasteiger partial charge in [0.2, 0.25) is 10.0 Å². The van der Waals surface area contributed by atoms with Crippen LogP contribution >= 0.6 is 11.3 Å². The third kappa shape index (κ3) is 4.41. The highest BCUT2D eigenvalue weighted by atomic mass is 32.2. The Morgan fingerprint density at radius 3 is 2.66 bits per heavy atom. The number of carbonyl (C=O) groups is 1. The molecule has 32 heavy (non-hydrogen) atoms. The van der Waals surface area contributed by atoms with Gasteiger partial charge in [0.25, 0.3) is 5.56 Å². The monoisotopic (exact) mass is 476 g/mol. The van der Waals surface area contributed by atoms with Gasteiger partial charge >= 0.3 is 5.97 Å². The molecular weight excluding hydrogens is 452 g/mol. The third-order valence-corrected chi connectivity index (χ3v) is 7.94. The second-order valence-electron chi connectivity index (χ2n) is 7.73. The van der Waals surface area contributed by atoms with Crippen molar-refractivity contribution in [2.24, 2.45) is 0 Å². The number of nitrogens with zero attached hydrogens (tertiary/aromatic N) is 4. The highest BCUT2D eigenvalue weighted by molar-refractivity contribution is 7.89. The fraction of sp³-hybridized carbons (Fsp3) is 0.381. The molecule has 1 aromatic carbocycles. The van der Waals surface area contributed by atoms with Crippen molar-refractivity contribution in [3.05, 3.63) is 57.5 Å². The lowest BCUT2D eigenvalue weighted by atomic mass is 10.1. The first-order valence-electron chi connectivity index (χ1n) is 10.2. The number of fused-ring (bicyclic) bond motifs is 1. The first-order chi connectivity index (χ1) is 15.3. The van der Waals surface area contributed by atoms with E-state index in [1.807, 2.05) is 0 Å². The summed E-state index contributed by atoms with van der Waals surface area (Å²) in [6.45, 7) is 1.38. The molecule has 0 amide bonds. The van der Waals surface area contributed by atoms with Gasteiger partial charge in [-0.3, -0.25) is 9.20 Å². The summed E-state index contributed by atoms with van der Waals surface area (Å²) in [5.74, 6) is -0.658. The number of benzene rings is 1. The van der Waals surface area contributed by atoms with Gasteiger partial charge in [0.15, 0.2) is 4.96 Å². The van der Waals surface area contributed by atoms with E-state index in [4.69, 9.17) is 4.74 Å². The highest BCUT2D eigenvalue weighted by Gasteiger charge is 2.25. The van der Waals surface area contributed by atoms with E-state index in [1.54, 1.807) is 17.6 Å². The summed E-state index contributed by atoms with van der Waals surface area (Å²) >= 11 is 1.31. The molecule has 0 radical (unpaired) electrons. The number of esters is 1. The van der Waals surface area contributed by atoms with Crippen LogP contribution in [0.15, 0.2) is 45.5 Å². The highest BCUT2D eigenvalue weighted by Crippen LogP contribution is 2.28. The molecule has 0 unspecified atom stereocenters. The Hall–Kier alpha value is -2.76. The zero-order valence-electron chi connectivity index (χ0n) is 17.9. The predicted octanol–water partition coefficient (Wildman–Crippen LogP) is 2.35. The fourth-order valence-corrected chi connectivity index (χ4v) is 5.31. The summed E-state index contributed by atoms with van der Waals surface area (Å²) in [5, 5.41) is 1.75. The van der Waals surface area contributed by atoms with E-state index >= 15 is 0 Å². The lowest BCUT2D eigenvalue weighted by molar-refractivity contribution is 0.0468. The molecule has 3 heterocycles. The van der Waals surface area contributed by atoms with Gasteiger partial charge in [-0.05, 0) is 37.5 Å². The number of thiazole rings is 1. The molecule has 170 valence electrons. The molecule has 9 nitrogen and oxygen atoms in total. The van der Waals surface area contributed by atoms with Crippen molar-refractivity contribution in [1.29, 1.82) is 0 Å². The Morgan fingerprint density at radius 2 is 1.94 bits per heavy atom. The number of piperidine rings is 1. The molecule has 1 fully saturated rings. The SMILES string of the molecule is CN(C)S(=O)(=O)c1ccc(N2CCCCC2)c(C(=O)OCc2cc(=O)n3ccsc3n2)c1. The van der Waals surface area contributed by atoms with Gasteiger partial charge in [0.05, 0.1) is 21.8 Å². The van der Waals surface area contributed by atoms with Crippen molar-refractivity contribution >= 4 is 38.0 Å². The lowest BCUT2D eigenvalue weighted by Gasteiger charge is -2.30. The molecule has 1 aliphatic heterocycles. The van der Waals surface area contributed by atoms with Crippen molar-refractivity contribution in [2.75, 3.05) is 32.1 Å². The van der Waals surface area contributed by atoms with E-state index in [9.17, 15) is 18.0 Å². The Balaban J connectivity index is 1.65. The van der Waals surface area contributed by atoms with Crippen LogP contribution in [-0.2, 0) is 21.4 Å². The fourth-order valence-electron chi connectivity index (χ4n) is 3.64. The number of sulfonamides is 1. The topological polar surface area (TPSA) is 101 Å². The number of anilines is 1. The molecule has 4 rings (SSSR count). The molecule has 0 N–H and O–H groups in total. The van der Waals surface area contributed by atoms with Gasteiger partial charge in [-0.1, -0.05) is 0 Å². The van der Waals surface area contributed by atoms with Crippen molar-refractivity contribution in [1.82, 2.24) is 13.7 Å². The molecular formula is C21H24N4O5S2. The van der Waals surface area contributed by atoms with Gasteiger partial charge in [0, 0.05) is 44.8 Å². The summed E-state index contributed by atoms with van der Waals surface area (Å²) in [7, 11) is -0.837. The largest absolute Gasteiger partial charge is 0.456 e. The van der Waals surface area contributed by atoms with Crippen molar-refractivity contribution < 1.29 is 17.9 Å². The molecule has 2 aromatic heterocycles. The first kappa shape index (κ1) is 22.4. The van der Waals surface area contributed by atoms with Crippen LogP contribution in [0.2, 0.25) is 0 Å². The number of aromatic nitrogens is 2. The molecule has 11 heteroatoms. The second-order valence-corrected chi connectivity index (χ2v) is 10.8. The van der Waals surface area contributed by atoms with Crippen LogP contribution in [0.25, 0.3) is 4.96 Å². The van der Waals surface area contributed by atoms with Crippen LogP contribution in [0, 0.1) is 0 Å². The van der Waals surface area contributed by atoms with Crippen LogP contribution in [-0.4, -0.2) is 55.3 Å². The molecule has 0 spiro atoms. The smallest absolute Gasteiger partial charge is 0.340 e. The molecule has 0 saturated carbocycles. The summed E-state index contributed by atoms with van der Waals surface area (Å²) in [4.78, 5) is 32.2. The minimum Gasteiger partial charge on any atom is -0.456 e. The summed E-state index contributed by atoms with van der Waals surface area (Å²) in [6, 6.07) is 5.88. The number of hydrogen-bond acceptors (Lipinski definition) is 8. The van der Waals surface area contributed by atoms with Crippen LogP contribution in [0.4, 0.5) is 5.69 Å². The van der Waals surface area contributed by atoms with E-state index in [2.05, 4.69) is 9.88 Å². The maximum atomic E-state index is 13.1. The Kier molecular flexibility index (Phi) is 6.31. The van der Waals surface area contributed by atoms with Crippen LogP contribution in [0.1, 0.15) is 35.3 Å². The van der Waals surface area contributed by atoms with Gasteiger partial charge < -0.3 is 9.64 Å². The van der Waals surface area contributed by atoms with Crippen molar-refractivity contribution in [3.8, 4) is 0 Å².